The summed E-state index contributed by atoms with van der Waals surface area (Å²) in [5.41, 5.74) is 4.25. The van der Waals surface area contributed by atoms with E-state index in [1.54, 1.807) is 5.57 Å². The Morgan fingerprint density at radius 2 is 2.15 bits per heavy atom. The molecular weight excluding hydrogens is 264 g/mol. The number of nitrogens with zero attached hydrogens (tertiary/aromatic N) is 1. The van der Waals surface area contributed by atoms with E-state index in [0.29, 0.717) is 6.04 Å². The molecule has 0 atom stereocenters. The first kappa shape index (κ1) is 14.0. The van der Waals surface area contributed by atoms with Crippen LogP contribution in [0.15, 0.2) is 35.2 Å². The molecule has 0 amide bonds. The highest BCUT2D eigenvalue weighted by Gasteiger charge is 2.20. The number of rotatable bonds is 4. The lowest BCUT2D eigenvalue weighted by Gasteiger charge is -2.33. The monoisotopic (exact) mass is 288 g/mol. The van der Waals surface area contributed by atoms with Gasteiger partial charge in [0, 0.05) is 37.1 Å². The molecule has 2 aliphatic rings. The van der Waals surface area contributed by atoms with E-state index in [-0.39, 0.29) is 0 Å². The standard InChI is InChI=1S/C17H24N2S/c1-14-3-2-4-17(11-14)18-16-5-8-19(9-6-16)12-15-7-10-20-13-15/h2-4,11,13,16,18H,5-10,12H2,1H3. The summed E-state index contributed by atoms with van der Waals surface area (Å²) in [5, 5.41) is 6.06. The summed E-state index contributed by atoms with van der Waals surface area (Å²) >= 11 is 1.97. The van der Waals surface area contributed by atoms with Crippen LogP contribution in [0, 0.1) is 6.92 Å². The number of piperidine rings is 1. The molecule has 108 valence electrons. The Kier molecular flexibility index (Phi) is 4.69. The summed E-state index contributed by atoms with van der Waals surface area (Å²) in [5.74, 6) is 1.29. The fourth-order valence-electron chi connectivity index (χ4n) is 3.04. The Balaban J connectivity index is 1.46. The first-order chi connectivity index (χ1) is 9.79. The Hall–Kier alpha value is -0.930. The Morgan fingerprint density at radius 3 is 2.85 bits per heavy atom. The summed E-state index contributed by atoms with van der Waals surface area (Å²) in [6.07, 6.45) is 3.81. The zero-order chi connectivity index (χ0) is 13.8. The minimum Gasteiger partial charge on any atom is -0.382 e. The van der Waals surface area contributed by atoms with Crippen molar-refractivity contribution in [2.45, 2.75) is 32.2 Å². The lowest BCUT2D eigenvalue weighted by atomic mass is 10.0. The molecule has 1 N–H and O–H groups in total. The number of thioether (sulfide) groups is 1. The third kappa shape index (κ3) is 3.80. The largest absolute Gasteiger partial charge is 0.382 e. The quantitative estimate of drug-likeness (QED) is 0.905. The molecule has 2 aliphatic heterocycles. The van der Waals surface area contributed by atoms with Crippen molar-refractivity contribution in [1.82, 2.24) is 4.90 Å². The van der Waals surface area contributed by atoms with Crippen LogP contribution >= 0.6 is 11.8 Å². The number of benzene rings is 1. The molecule has 1 aromatic rings. The molecule has 3 rings (SSSR count). The second-order valence-corrected chi connectivity index (χ2v) is 6.94. The van der Waals surface area contributed by atoms with E-state index in [2.05, 4.69) is 46.8 Å². The molecule has 2 nitrogen and oxygen atoms in total. The van der Waals surface area contributed by atoms with Crippen LogP contribution < -0.4 is 5.32 Å². The fourth-order valence-corrected chi connectivity index (χ4v) is 3.96. The minimum atomic E-state index is 0.639. The molecule has 3 heteroatoms. The van der Waals surface area contributed by atoms with Crippen LogP contribution in [-0.2, 0) is 0 Å². The van der Waals surface area contributed by atoms with Gasteiger partial charge < -0.3 is 5.32 Å². The predicted octanol–water partition coefficient (Wildman–Crippen LogP) is 3.89. The first-order valence-electron chi connectivity index (χ1n) is 7.65. The molecule has 1 aromatic carbocycles. The highest BCUT2D eigenvalue weighted by atomic mass is 32.2. The Bertz CT molecular complexity index is 476. The molecular formula is C17H24N2S. The molecule has 0 radical (unpaired) electrons. The van der Waals surface area contributed by atoms with Gasteiger partial charge in [0.05, 0.1) is 0 Å². The number of nitrogens with one attached hydrogen (secondary N) is 1. The van der Waals surface area contributed by atoms with E-state index >= 15 is 0 Å². The summed E-state index contributed by atoms with van der Waals surface area (Å²) in [7, 11) is 0. The smallest absolute Gasteiger partial charge is 0.0344 e. The van der Waals surface area contributed by atoms with Gasteiger partial charge in [0.1, 0.15) is 0 Å². The molecule has 20 heavy (non-hydrogen) atoms. The maximum atomic E-state index is 3.69. The van der Waals surface area contributed by atoms with E-state index in [9.17, 15) is 0 Å². The van der Waals surface area contributed by atoms with Gasteiger partial charge in [-0.2, -0.15) is 0 Å². The maximum absolute atomic E-state index is 3.69. The Labute approximate surface area is 126 Å². The topological polar surface area (TPSA) is 15.3 Å². The highest BCUT2D eigenvalue weighted by molar-refractivity contribution is 8.02. The van der Waals surface area contributed by atoms with E-state index in [1.165, 1.54) is 55.9 Å². The Morgan fingerprint density at radius 1 is 1.30 bits per heavy atom. The SMILES string of the molecule is Cc1cccc(NC2CCN(CC3=CSCC3)CC2)c1. The van der Waals surface area contributed by atoms with Gasteiger partial charge in [-0.1, -0.05) is 12.1 Å². The molecule has 0 spiro atoms. The zero-order valence-corrected chi connectivity index (χ0v) is 13.1. The lowest BCUT2D eigenvalue weighted by molar-refractivity contribution is 0.234. The van der Waals surface area contributed by atoms with Crippen LogP contribution in [0.1, 0.15) is 24.8 Å². The third-order valence-electron chi connectivity index (χ3n) is 4.19. The van der Waals surface area contributed by atoms with Crippen molar-refractivity contribution in [2.24, 2.45) is 0 Å². The minimum absolute atomic E-state index is 0.639. The van der Waals surface area contributed by atoms with Gasteiger partial charge in [0.15, 0.2) is 0 Å². The van der Waals surface area contributed by atoms with E-state index in [1.807, 2.05) is 11.8 Å². The summed E-state index contributed by atoms with van der Waals surface area (Å²) in [6, 6.07) is 9.35. The third-order valence-corrected chi connectivity index (χ3v) is 5.13. The summed E-state index contributed by atoms with van der Waals surface area (Å²) in [6.45, 7) is 5.81. The number of hydrogen-bond donors (Lipinski definition) is 1. The number of anilines is 1. The summed E-state index contributed by atoms with van der Waals surface area (Å²) < 4.78 is 0. The van der Waals surface area contributed by atoms with E-state index in [4.69, 9.17) is 0 Å². The van der Waals surface area contributed by atoms with Crippen LogP contribution in [0.4, 0.5) is 5.69 Å². The zero-order valence-electron chi connectivity index (χ0n) is 12.3. The van der Waals surface area contributed by atoms with Crippen molar-refractivity contribution in [3.63, 3.8) is 0 Å². The first-order valence-corrected chi connectivity index (χ1v) is 8.69. The van der Waals surface area contributed by atoms with Gasteiger partial charge in [0.2, 0.25) is 0 Å². The van der Waals surface area contributed by atoms with Crippen LogP contribution in [-0.4, -0.2) is 36.3 Å². The van der Waals surface area contributed by atoms with Crippen LogP contribution in [0.5, 0.6) is 0 Å². The van der Waals surface area contributed by atoms with Gasteiger partial charge in [-0.25, -0.2) is 0 Å². The van der Waals surface area contributed by atoms with E-state index in [0.717, 1.165) is 0 Å². The lowest BCUT2D eigenvalue weighted by Crippen LogP contribution is -2.39. The predicted molar refractivity (Wildman–Crippen MR) is 89.4 cm³/mol. The van der Waals surface area contributed by atoms with Gasteiger partial charge >= 0.3 is 0 Å². The van der Waals surface area contributed by atoms with Crippen molar-refractivity contribution < 1.29 is 0 Å². The number of hydrogen-bond acceptors (Lipinski definition) is 3. The molecule has 1 fully saturated rings. The van der Waals surface area contributed by atoms with Crippen LogP contribution in [0.2, 0.25) is 0 Å². The van der Waals surface area contributed by atoms with Crippen molar-refractivity contribution in [1.29, 1.82) is 0 Å². The van der Waals surface area contributed by atoms with Crippen molar-refractivity contribution >= 4 is 17.4 Å². The van der Waals surface area contributed by atoms with Crippen molar-refractivity contribution in [3.05, 3.63) is 40.8 Å². The average molecular weight is 288 g/mol. The number of likely N-dealkylation sites (tertiary alicyclic amines) is 1. The molecule has 0 aromatic heterocycles. The fraction of sp³-hybridized carbons (Fsp3) is 0.529. The van der Waals surface area contributed by atoms with Gasteiger partial charge in [-0.3, -0.25) is 4.90 Å². The second-order valence-electron chi connectivity index (χ2n) is 5.96. The molecule has 0 bridgehead atoms. The highest BCUT2D eigenvalue weighted by Crippen LogP contribution is 2.24. The molecule has 0 aliphatic carbocycles. The van der Waals surface area contributed by atoms with Crippen LogP contribution in [0.25, 0.3) is 0 Å². The van der Waals surface area contributed by atoms with E-state index < -0.39 is 0 Å². The van der Waals surface area contributed by atoms with Crippen LogP contribution in [0.3, 0.4) is 0 Å². The maximum Gasteiger partial charge on any atom is 0.0344 e. The number of aryl methyl sites for hydroxylation is 1. The van der Waals surface area contributed by atoms with Crippen molar-refractivity contribution in [3.8, 4) is 0 Å². The molecule has 0 saturated carbocycles. The molecule has 1 saturated heterocycles. The average Bonchev–Trinajstić information content (AvgIpc) is 2.94. The van der Waals surface area contributed by atoms with Gasteiger partial charge in [-0.05, 0) is 54.9 Å². The van der Waals surface area contributed by atoms with Crippen molar-refractivity contribution in [2.75, 3.05) is 30.7 Å². The molecule has 0 unspecified atom stereocenters. The van der Waals surface area contributed by atoms with Gasteiger partial charge in [-0.15, -0.1) is 11.8 Å². The second kappa shape index (κ2) is 6.68. The summed E-state index contributed by atoms with van der Waals surface area (Å²) in [4.78, 5) is 2.62. The van der Waals surface area contributed by atoms with Gasteiger partial charge in [0.25, 0.3) is 0 Å². The molecule has 2 heterocycles. The normalized spacial score (nSPS) is 20.9.